The second-order valence-electron chi connectivity index (χ2n) is 3.17. The standard InChI is InChI=1S/C10H8BrF2NO/c11-10(12,13)9-14-8(6-15-9)7-4-2-1-3-5-7/h1-5,8H,6H2/t8-/m1/s1. The molecule has 1 heterocycles. The smallest absolute Gasteiger partial charge is 0.374 e. The quantitative estimate of drug-likeness (QED) is 0.760. The van der Waals surface area contributed by atoms with Crippen LogP contribution in [0, 0.1) is 0 Å². The molecule has 0 aliphatic carbocycles. The van der Waals surface area contributed by atoms with Crippen molar-refractivity contribution >= 4 is 21.8 Å². The summed E-state index contributed by atoms with van der Waals surface area (Å²) in [6.45, 7) is 0.167. The summed E-state index contributed by atoms with van der Waals surface area (Å²) in [6, 6.07) is 8.90. The van der Waals surface area contributed by atoms with E-state index in [0.717, 1.165) is 5.56 Å². The van der Waals surface area contributed by atoms with E-state index in [2.05, 4.69) is 20.9 Å². The van der Waals surface area contributed by atoms with Crippen LogP contribution in [0.2, 0.25) is 0 Å². The molecule has 15 heavy (non-hydrogen) atoms. The molecule has 0 fully saturated rings. The number of benzene rings is 1. The lowest BCUT2D eigenvalue weighted by atomic mass is 10.1. The maximum absolute atomic E-state index is 12.8. The van der Waals surface area contributed by atoms with Crippen LogP contribution in [0.3, 0.4) is 0 Å². The monoisotopic (exact) mass is 275 g/mol. The molecule has 0 N–H and O–H groups in total. The highest BCUT2D eigenvalue weighted by Gasteiger charge is 2.39. The van der Waals surface area contributed by atoms with Gasteiger partial charge in [0.1, 0.15) is 12.6 Å². The van der Waals surface area contributed by atoms with Crippen molar-refractivity contribution in [2.24, 2.45) is 4.99 Å². The normalized spacial score (nSPS) is 21.0. The van der Waals surface area contributed by atoms with Crippen molar-refractivity contribution < 1.29 is 13.5 Å². The molecule has 1 aliphatic heterocycles. The summed E-state index contributed by atoms with van der Waals surface area (Å²) >= 11 is 2.22. The highest BCUT2D eigenvalue weighted by Crippen LogP contribution is 2.32. The van der Waals surface area contributed by atoms with Gasteiger partial charge < -0.3 is 4.74 Å². The first kappa shape index (κ1) is 10.5. The van der Waals surface area contributed by atoms with Crippen LogP contribution in [0.15, 0.2) is 35.3 Å². The van der Waals surface area contributed by atoms with Crippen LogP contribution < -0.4 is 0 Å². The average Bonchev–Trinajstić information content (AvgIpc) is 2.67. The summed E-state index contributed by atoms with van der Waals surface area (Å²) in [6.07, 6.45) is 0. The van der Waals surface area contributed by atoms with Gasteiger partial charge in [-0.25, -0.2) is 4.99 Å². The van der Waals surface area contributed by atoms with Gasteiger partial charge in [0.15, 0.2) is 0 Å². The van der Waals surface area contributed by atoms with E-state index in [1.165, 1.54) is 0 Å². The van der Waals surface area contributed by atoms with Crippen molar-refractivity contribution in [2.75, 3.05) is 6.61 Å². The zero-order valence-electron chi connectivity index (χ0n) is 7.66. The molecule has 0 amide bonds. The van der Waals surface area contributed by atoms with E-state index in [0.29, 0.717) is 0 Å². The summed E-state index contributed by atoms with van der Waals surface area (Å²) in [4.78, 5) is 0.657. The van der Waals surface area contributed by atoms with Gasteiger partial charge in [-0.05, 0) is 5.56 Å². The first-order valence-electron chi connectivity index (χ1n) is 4.40. The summed E-state index contributed by atoms with van der Waals surface area (Å²) in [5.41, 5.74) is 0.879. The number of hydrogen-bond acceptors (Lipinski definition) is 2. The Hall–Kier alpha value is -0.970. The number of alkyl halides is 3. The maximum Gasteiger partial charge on any atom is 0.374 e. The Labute approximate surface area is 94.1 Å². The van der Waals surface area contributed by atoms with Crippen LogP contribution in [-0.2, 0) is 4.74 Å². The lowest BCUT2D eigenvalue weighted by Gasteiger charge is -2.05. The number of nitrogens with zero attached hydrogens (tertiary/aromatic N) is 1. The minimum absolute atomic E-state index is 0.167. The van der Waals surface area contributed by atoms with Gasteiger partial charge in [0.05, 0.1) is 0 Å². The summed E-state index contributed by atoms with van der Waals surface area (Å²) in [7, 11) is 0. The third-order valence-electron chi connectivity index (χ3n) is 2.08. The average molecular weight is 276 g/mol. The molecule has 1 aromatic carbocycles. The third-order valence-corrected chi connectivity index (χ3v) is 2.42. The van der Waals surface area contributed by atoms with Gasteiger partial charge >= 0.3 is 4.83 Å². The molecule has 0 radical (unpaired) electrons. The molecule has 1 atom stereocenters. The van der Waals surface area contributed by atoms with Crippen molar-refractivity contribution in [2.45, 2.75) is 10.9 Å². The lowest BCUT2D eigenvalue weighted by molar-refractivity contribution is 0.152. The predicted octanol–water partition coefficient (Wildman–Crippen LogP) is 3.14. The number of aliphatic imine (C=N–C) groups is 1. The van der Waals surface area contributed by atoms with E-state index in [-0.39, 0.29) is 12.6 Å². The van der Waals surface area contributed by atoms with Gasteiger partial charge in [-0.1, -0.05) is 30.3 Å². The van der Waals surface area contributed by atoms with Crippen molar-refractivity contribution in [1.82, 2.24) is 0 Å². The van der Waals surface area contributed by atoms with Crippen molar-refractivity contribution in [3.05, 3.63) is 35.9 Å². The van der Waals surface area contributed by atoms with Crippen LogP contribution in [0.25, 0.3) is 0 Å². The molecule has 0 saturated carbocycles. The molecule has 2 rings (SSSR count). The van der Waals surface area contributed by atoms with Crippen LogP contribution >= 0.6 is 15.9 Å². The van der Waals surface area contributed by atoms with Crippen molar-refractivity contribution in [1.29, 1.82) is 0 Å². The van der Waals surface area contributed by atoms with E-state index in [4.69, 9.17) is 4.74 Å². The first-order valence-corrected chi connectivity index (χ1v) is 5.19. The van der Waals surface area contributed by atoms with Gasteiger partial charge in [-0.3, -0.25) is 0 Å². The second kappa shape index (κ2) is 3.89. The first-order chi connectivity index (χ1) is 7.07. The fourth-order valence-corrected chi connectivity index (χ4v) is 1.59. The van der Waals surface area contributed by atoms with E-state index in [1.54, 1.807) is 0 Å². The third kappa shape index (κ3) is 2.34. The predicted molar refractivity (Wildman–Crippen MR) is 56.4 cm³/mol. The zero-order valence-corrected chi connectivity index (χ0v) is 9.25. The molecule has 5 heteroatoms. The molecule has 0 saturated heterocycles. The minimum Gasteiger partial charge on any atom is -0.473 e. The molecule has 1 aromatic rings. The Kier molecular flexibility index (Phi) is 2.73. The minimum atomic E-state index is -3.17. The molecule has 2 nitrogen and oxygen atoms in total. The number of halogens is 3. The Bertz CT molecular complexity index is 375. The lowest BCUT2D eigenvalue weighted by Crippen LogP contribution is -2.20. The molecule has 80 valence electrons. The van der Waals surface area contributed by atoms with E-state index >= 15 is 0 Å². The van der Waals surface area contributed by atoms with Gasteiger partial charge in [-0.2, -0.15) is 8.78 Å². The van der Waals surface area contributed by atoms with Gasteiger partial charge in [0.25, 0.3) is 5.90 Å². The fraction of sp³-hybridized carbons (Fsp3) is 0.300. The van der Waals surface area contributed by atoms with Crippen LogP contribution in [-0.4, -0.2) is 17.3 Å². The van der Waals surface area contributed by atoms with E-state index in [1.807, 2.05) is 30.3 Å². The largest absolute Gasteiger partial charge is 0.473 e. The van der Waals surface area contributed by atoms with Gasteiger partial charge in [0, 0.05) is 15.9 Å². The zero-order chi connectivity index (χ0) is 10.9. The molecule has 0 bridgehead atoms. The van der Waals surface area contributed by atoms with Gasteiger partial charge in [0.2, 0.25) is 0 Å². The molecule has 0 aromatic heterocycles. The summed E-state index contributed by atoms with van der Waals surface area (Å²) in [5.74, 6) is -0.545. The highest BCUT2D eigenvalue weighted by atomic mass is 79.9. The Morgan fingerprint density at radius 3 is 2.53 bits per heavy atom. The number of ether oxygens (including phenoxy) is 1. The Morgan fingerprint density at radius 1 is 1.33 bits per heavy atom. The molecule has 1 aliphatic rings. The summed E-state index contributed by atoms with van der Waals surface area (Å²) in [5, 5.41) is 0. The highest BCUT2D eigenvalue weighted by molar-refractivity contribution is 9.10. The Balaban J connectivity index is 2.20. The van der Waals surface area contributed by atoms with E-state index < -0.39 is 10.7 Å². The SMILES string of the molecule is FC(F)(Br)C1=N[C@@H](c2ccccc2)CO1. The Morgan fingerprint density at radius 2 is 2.00 bits per heavy atom. The van der Waals surface area contributed by atoms with Gasteiger partial charge in [-0.15, -0.1) is 0 Å². The van der Waals surface area contributed by atoms with Crippen LogP contribution in [0.4, 0.5) is 8.78 Å². The molecule has 0 unspecified atom stereocenters. The van der Waals surface area contributed by atoms with E-state index in [9.17, 15) is 8.78 Å². The topological polar surface area (TPSA) is 21.6 Å². The molecule has 0 spiro atoms. The number of rotatable bonds is 2. The number of hydrogen-bond donors (Lipinski definition) is 0. The van der Waals surface area contributed by atoms with Crippen LogP contribution in [0.5, 0.6) is 0 Å². The van der Waals surface area contributed by atoms with Crippen molar-refractivity contribution in [3.8, 4) is 0 Å². The molecular formula is C10H8BrF2NO. The maximum atomic E-state index is 12.8. The summed E-state index contributed by atoms with van der Waals surface area (Å²) < 4.78 is 30.4. The second-order valence-corrected chi connectivity index (χ2v) is 4.17. The molecular weight excluding hydrogens is 268 g/mol. The van der Waals surface area contributed by atoms with Crippen molar-refractivity contribution in [3.63, 3.8) is 0 Å². The van der Waals surface area contributed by atoms with Crippen LogP contribution in [0.1, 0.15) is 11.6 Å². The fourth-order valence-electron chi connectivity index (χ4n) is 1.37.